The van der Waals surface area contributed by atoms with Crippen LogP contribution < -0.4 is 11.1 Å². The summed E-state index contributed by atoms with van der Waals surface area (Å²) in [6, 6.07) is 0. The van der Waals surface area contributed by atoms with Crippen LogP contribution >= 0.6 is 0 Å². The van der Waals surface area contributed by atoms with Gasteiger partial charge in [-0.3, -0.25) is 9.48 Å². The molecule has 0 atom stereocenters. The molecule has 0 aromatic carbocycles. The third-order valence-electron chi connectivity index (χ3n) is 2.06. The number of aryl methyl sites for hydroxylation is 1. The van der Waals surface area contributed by atoms with Crippen LogP contribution in [0.15, 0.2) is 6.20 Å². The zero-order chi connectivity index (χ0) is 12.8. The minimum atomic E-state index is -0.511. The summed E-state index contributed by atoms with van der Waals surface area (Å²) in [5.41, 5.74) is 5.50. The topological polar surface area (TPSA) is 99.2 Å². The van der Waals surface area contributed by atoms with Crippen molar-refractivity contribution in [1.29, 1.82) is 0 Å². The number of carbonyl (C=O) groups is 2. The van der Waals surface area contributed by atoms with Crippen LogP contribution in [0.5, 0.6) is 0 Å². The summed E-state index contributed by atoms with van der Waals surface area (Å²) in [5, 5.41) is 6.48. The molecule has 1 amide bonds. The Morgan fingerprint density at radius 2 is 2.29 bits per heavy atom. The van der Waals surface area contributed by atoms with Gasteiger partial charge in [0.1, 0.15) is 11.4 Å². The number of nitrogens with zero attached hydrogens (tertiary/aromatic N) is 2. The average molecular weight is 240 g/mol. The van der Waals surface area contributed by atoms with Crippen LogP contribution in [-0.4, -0.2) is 34.8 Å². The highest BCUT2D eigenvalue weighted by Crippen LogP contribution is 2.15. The Kier molecular flexibility index (Phi) is 4.65. The molecule has 0 unspecified atom stereocenters. The molecule has 1 heterocycles. The van der Waals surface area contributed by atoms with Gasteiger partial charge in [0, 0.05) is 20.0 Å². The van der Waals surface area contributed by atoms with Gasteiger partial charge in [-0.15, -0.1) is 0 Å². The van der Waals surface area contributed by atoms with Crippen molar-refractivity contribution >= 4 is 17.7 Å². The van der Waals surface area contributed by atoms with Crippen LogP contribution in [0.25, 0.3) is 0 Å². The smallest absolute Gasteiger partial charge is 0.343 e. The Bertz CT molecular complexity index is 414. The van der Waals surface area contributed by atoms with E-state index in [1.54, 1.807) is 14.0 Å². The van der Waals surface area contributed by atoms with Gasteiger partial charge in [-0.25, -0.2) is 4.79 Å². The predicted molar refractivity (Wildman–Crippen MR) is 61.5 cm³/mol. The van der Waals surface area contributed by atoms with Gasteiger partial charge < -0.3 is 15.8 Å². The molecule has 7 heteroatoms. The number of carbonyl (C=O) groups excluding carboxylic acids is 2. The Morgan fingerprint density at radius 3 is 2.88 bits per heavy atom. The average Bonchev–Trinajstić information content (AvgIpc) is 2.61. The number of hydrogen-bond acceptors (Lipinski definition) is 5. The SMILES string of the molecule is CCOC(=O)c1cnn(C)c1NC(=O)CCN. The quantitative estimate of drug-likeness (QED) is 0.699. The molecule has 0 spiro atoms. The van der Waals surface area contributed by atoms with Crippen LogP contribution in [0.1, 0.15) is 23.7 Å². The lowest BCUT2D eigenvalue weighted by Crippen LogP contribution is -2.20. The first-order chi connectivity index (χ1) is 8.10. The standard InChI is InChI=1S/C10H16N4O3/c1-3-17-10(16)7-6-12-14(2)9(7)13-8(15)4-5-11/h6H,3-5,11H2,1-2H3,(H,13,15). The van der Waals surface area contributed by atoms with Crippen molar-refractivity contribution in [3.63, 3.8) is 0 Å². The van der Waals surface area contributed by atoms with Crippen LogP contribution in [0.4, 0.5) is 5.82 Å². The molecule has 0 aliphatic heterocycles. The summed E-state index contributed by atoms with van der Waals surface area (Å²) in [4.78, 5) is 23.0. The molecule has 3 N–H and O–H groups in total. The largest absolute Gasteiger partial charge is 0.462 e. The lowest BCUT2D eigenvalue weighted by molar-refractivity contribution is -0.116. The van der Waals surface area contributed by atoms with E-state index in [0.29, 0.717) is 5.82 Å². The van der Waals surface area contributed by atoms with E-state index in [9.17, 15) is 9.59 Å². The van der Waals surface area contributed by atoms with Gasteiger partial charge in [-0.2, -0.15) is 5.10 Å². The van der Waals surface area contributed by atoms with E-state index >= 15 is 0 Å². The maximum absolute atomic E-state index is 11.6. The number of ether oxygens (including phenoxy) is 1. The summed E-state index contributed by atoms with van der Waals surface area (Å²) in [7, 11) is 1.63. The number of esters is 1. The minimum Gasteiger partial charge on any atom is -0.462 e. The molecule has 1 rings (SSSR count). The Balaban J connectivity index is 2.86. The summed E-state index contributed by atoms with van der Waals surface area (Å²) < 4.78 is 6.26. The van der Waals surface area contributed by atoms with Gasteiger partial charge in [0.15, 0.2) is 0 Å². The molecule has 1 aromatic heterocycles. The van der Waals surface area contributed by atoms with E-state index in [1.807, 2.05) is 0 Å². The third kappa shape index (κ3) is 3.28. The minimum absolute atomic E-state index is 0.188. The number of amides is 1. The summed E-state index contributed by atoms with van der Waals surface area (Å²) in [6.07, 6.45) is 1.55. The van der Waals surface area contributed by atoms with E-state index < -0.39 is 5.97 Å². The predicted octanol–water partition coefficient (Wildman–Crippen LogP) is -0.116. The van der Waals surface area contributed by atoms with E-state index in [-0.39, 0.29) is 31.0 Å². The van der Waals surface area contributed by atoms with Crippen molar-refractivity contribution in [3.05, 3.63) is 11.8 Å². The molecule has 1 aromatic rings. The molecular weight excluding hydrogens is 224 g/mol. The van der Waals surface area contributed by atoms with Crippen molar-refractivity contribution in [2.75, 3.05) is 18.5 Å². The third-order valence-corrected chi connectivity index (χ3v) is 2.06. The summed E-state index contributed by atoms with van der Waals surface area (Å²) in [6.45, 7) is 2.23. The maximum Gasteiger partial charge on any atom is 0.343 e. The van der Waals surface area contributed by atoms with Crippen molar-refractivity contribution in [2.45, 2.75) is 13.3 Å². The van der Waals surface area contributed by atoms with Crippen molar-refractivity contribution < 1.29 is 14.3 Å². The molecule has 7 nitrogen and oxygen atoms in total. The number of nitrogens with one attached hydrogen (secondary N) is 1. The summed E-state index contributed by atoms with van der Waals surface area (Å²) >= 11 is 0. The van der Waals surface area contributed by atoms with Gasteiger partial charge in [0.05, 0.1) is 12.8 Å². The van der Waals surface area contributed by atoms with Crippen LogP contribution in [-0.2, 0) is 16.6 Å². The zero-order valence-electron chi connectivity index (χ0n) is 9.90. The zero-order valence-corrected chi connectivity index (χ0v) is 9.90. The molecule has 94 valence electrons. The van der Waals surface area contributed by atoms with E-state index in [1.165, 1.54) is 10.9 Å². The number of rotatable bonds is 5. The van der Waals surface area contributed by atoms with Gasteiger partial charge >= 0.3 is 5.97 Å². The highest BCUT2D eigenvalue weighted by molar-refractivity contribution is 6.00. The number of anilines is 1. The van der Waals surface area contributed by atoms with Gasteiger partial charge in [0.2, 0.25) is 5.91 Å². The highest BCUT2D eigenvalue weighted by Gasteiger charge is 2.18. The van der Waals surface area contributed by atoms with E-state index in [0.717, 1.165) is 0 Å². The molecular formula is C10H16N4O3. The second-order valence-electron chi connectivity index (χ2n) is 3.34. The Morgan fingerprint density at radius 1 is 1.59 bits per heavy atom. The van der Waals surface area contributed by atoms with Crippen molar-refractivity contribution in [1.82, 2.24) is 9.78 Å². The maximum atomic E-state index is 11.6. The van der Waals surface area contributed by atoms with Crippen LogP contribution in [0, 0.1) is 0 Å². The lowest BCUT2D eigenvalue weighted by atomic mass is 10.3. The highest BCUT2D eigenvalue weighted by atomic mass is 16.5. The van der Waals surface area contributed by atoms with Crippen LogP contribution in [0.3, 0.4) is 0 Å². The first-order valence-corrected chi connectivity index (χ1v) is 5.29. The molecule has 0 radical (unpaired) electrons. The van der Waals surface area contributed by atoms with Crippen molar-refractivity contribution in [2.24, 2.45) is 12.8 Å². The molecule has 0 fully saturated rings. The fourth-order valence-electron chi connectivity index (χ4n) is 1.27. The van der Waals surface area contributed by atoms with Crippen LogP contribution in [0.2, 0.25) is 0 Å². The first-order valence-electron chi connectivity index (χ1n) is 5.29. The molecule has 0 bridgehead atoms. The molecule has 0 saturated carbocycles. The van der Waals surface area contributed by atoms with Gasteiger partial charge in [-0.05, 0) is 6.92 Å². The van der Waals surface area contributed by atoms with Gasteiger partial charge in [0.25, 0.3) is 0 Å². The van der Waals surface area contributed by atoms with E-state index in [2.05, 4.69) is 10.4 Å². The van der Waals surface area contributed by atoms with Gasteiger partial charge in [-0.1, -0.05) is 0 Å². The monoisotopic (exact) mass is 240 g/mol. The normalized spacial score (nSPS) is 10.1. The molecule has 0 aliphatic rings. The number of nitrogens with two attached hydrogens (primary N) is 1. The fourth-order valence-corrected chi connectivity index (χ4v) is 1.27. The second-order valence-corrected chi connectivity index (χ2v) is 3.34. The Hall–Kier alpha value is -1.89. The van der Waals surface area contributed by atoms with E-state index in [4.69, 9.17) is 10.5 Å². The Labute approximate surface area is 98.9 Å². The lowest BCUT2D eigenvalue weighted by Gasteiger charge is -2.07. The van der Waals surface area contributed by atoms with Crippen molar-refractivity contribution in [3.8, 4) is 0 Å². The molecule has 0 saturated heterocycles. The fraction of sp³-hybridized carbons (Fsp3) is 0.500. The second kappa shape index (κ2) is 6.00. The summed E-state index contributed by atoms with van der Waals surface area (Å²) in [5.74, 6) is -0.452. The molecule has 17 heavy (non-hydrogen) atoms. The molecule has 0 aliphatic carbocycles. The first kappa shape index (κ1) is 13.2. The number of aromatic nitrogens is 2. The number of hydrogen-bond donors (Lipinski definition) is 2.